The number of carbonyl (C=O) groups is 1. The maximum absolute atomic E-state index is 12.1. The average Bonchev–Trinajstić information content (AvgIpc) is 2.83. The highest BCUT2D eigenvalue weighted by Crippen LogP contribution is 2.39. The van der Waals surface area contributed by atoms with Crippen LogP contribution in [-0.2, 0) is 31.9 Å². The quantitative estimate of drug-likeness (QED) is 0.214. The minimum absolute atomic E-state index is 0.0518. The molecule has 0 amide bonds. The van der Waals surface area contributed by atoms with Crippen LogP contribution in [0.4, 0.5) is 0 Å². The van der Waals surface area contributed by atoms with Gasteiger partial charge in [-0.05, 0) is 41.4 Å². The van der Waals surface area contributed by atoms with Gasteiger partial charge < -0.3 is 23.4 Å². The van der Waals surface area contributed by atoms with E-state index in [1.807, 2.05) is 42.5 Å². The van der Waals surface area contributed by atoms with Crippen LogP contribution in [-0.4, -0.2) is 40.5 Å². The average molecular weight is 501 g/mol. The minimum Gasteiger partial charge on any atom is -0.497 e. The predicted octanol–water partition coefficient (Wildman–Crippen LogP) is 6.66. The zero-order chi connectivity index (χ0) is 26.1. The van der Waals surface area contributed by atoms with Crippen LogP contribution in [0.2, 0.25) is 18.1 Å². The number of rotatable bonds is 14. The fourth-order valence-corrected chi connectivity index (χ4v) is 5.19. The molecule has 6 heteroatoms. The Hall–Kier alpha value is -1.99. The fourth-order valence-electron chi connectivity index (χ4n) is 3.71. The summed E-state index contributed by atoms with van der Waals surface area (Å²) in [7, 11) is -0.452. The summed E-state index contributed by atoms with van der Waals surface area (Å²) in [5.74, 6) is 0.756. The molecule has 0 aromatic heterocycles. The van der Waals surface area contributed by atoms with E-state index in [9.17, 15) is 4.79 Å². The highest BCUT2D eigenvalue weighted by atomic mass is 28.4. The van der Waals surface area contributed by atoms with E-state index in [0.717, 1.165) is 23.2 Å². The van der Waals surface area contributed by atoms with E-state index in [4.69, 9.17) is 18.6 Å². The zero-order valence-corrected chi connectivity index (χ0v) is 23.7. The molecule has 0 aliphatic carbocycles. The van der Waals surface area contributed by atoms with Gasteiger partial charge in [-0.15, -0.1) is 0 Å². The first kappa shape index (κ1) is 29.2. The smallest absolute Gasteiger partial charge is 0.192 e. The molecule has 0 fully saturated rings. The Morgan fingerprint density at radius 2 is 1.51 bits per heavy atom. The van der Waals surface area contributed by atoms with Gasteiger partial charge in [-0.25, -0.2) is 0 Å². The molecule has 2 aromatic carbocycles. The molecule has 0 bridgehead atoms. The number of hydrogen-bond acceptors (Lipinski definition) is 5. The van der Waals surface area contributed by atoms with Crippen LogP contribution in [0, 0.1) is 11.8 Å². The van der Waals surface area contributed by atoms with Crippen LogP contribution in [0.15, 0.2) is 54.6 Å². The summed E-state index contributed by atoms with van der Waals surface area (Å²) in [6, 6.07) is 17.9. The number of ether oxygens (including phenoxy) is 3. The van der Waals surface area contributed by atoms with E-state index in [0.29, 0.717) is 19.8 Å². The van der Waals surface area contributed by atoms with Gasteiger partial charge in [0, 0.05) is 11.8 Å². The van der Waals surface area contributed by atoms with Gasteiger partial charge in [-0.1, -0.05) is 77.1 Å². The topological polar surface area (TPSA) is 54.0 Å². The normalized spacial score (nSPS) is 15.8. The molecule has 0 saturated heterocycles. The lowest BCUT2D eigenvalue weighted by Gasteiger charge is -2.43. The van der Waals surface area contributed by atoms with Crippen molar-refractivity contribution in [3.05, 3.63) is 65.7 Å². The van der Waals surface area contributed by atoms with Gasteiger partial charge in [-0.3, -0.25) is 0 Å². The van der Waals surface area contributed by atoms with Gasteiger partial charge in [0.05, 0.1) is 33.0 Å². The molecule has 4 atom stereocenters. The van der Waals surface area contributed by atoms with Crippen molar-refractivity contribution in [1.29, 1.82) is 0 Å². The Morgan fingerprint density at radius 3 is 2.06 bits per heavy atom. The van der Waals surface area contributed by atoms with Crippen molar-refractivity contribution in [2.45, 2.75) is 78.2 Å². The molecule has 0 spiro atoms. The summed E-state index contributed by atoms with van der Waals surface area (Å²) in [5.41, 5.74) is 2.13. The number of aldehydes is 1. The molecular formula is C29H44O5Si. The lowest BCUT2D eigenvalue weighted by Crippen LogP contribution is -2.50. The molecule has 0 N–H and O–H groups in total. The SMILES string of the molecule is COc1ccc(CO[C@H](C=O)[C@@H](C)[C@@H](O[Si](C)(C)C(C)(C)C)C(C)COCc2ccccc2)cc1. The molecule has 0 saturated carbocycles. The molecule has 0 aliphatic rings. The largest absolute Gasteiger partial charge is 0.497 e. The van der Waals surface area contributed by atoms with E-state index in [1.54, 1.807) is 7.11 Å². The second kappa shape index (κ2) is 13.4. The Kier molecular flexibility index (Phi) is 11.2. The number of methoxy groups -OCH3 is 1. The Bertz CT molecular complexity index is 876. The standard InChI is InChI=1S/C29H44O5Si/c1-22(19-32-20-24-12-10-9-11-13-24)28(34-35(7,8)29(3,4)5)23(2)27(18-30)33-21-25-14-16-26(31-6)17-15-25/h9-18,22-23,27-28H,19-21H2,1-8H3/t22?,23-,27-,28+/m1/s1. The van der Waals surface area contributed by atoms with Crippen LogP contribution in [0.25, 0.3) is 0 Å². The Labute approximate surface area is 213 Å². The van der Waals surface area contributed by atoms with Crippen LogP contribution in [0.3, 0.4) is 0 Å². The summed E-state index contributed by atoms with van der Waals surface area (Å²) < 4.78 is 24.3. The minimum atomic E-state index is -2.09. The first-order valence-electron chi connectivity index (χ1n) is 12.5. The summed E-state index contributed by atoms with van der Waals surface area (Å²) in [5, 5.41) is 0.0518. The van der Waals surface area contributed by atoms with Gasteiger partial charge in [0.15, 0.2) is 8.32 Å². The van der Waals surface area contributed by atoms with Crippen LogP contribution >= 0.6 is 0 Å². The molecule has 35 heavy (non-hydrogen) atoms. The summed E-state index contributed by atoms with van der Waals surface area (Å²) in [6.45, 7) is 16.8. The maximum Gasteiger partial charge on any atom is 0.192 e. The molecule has 2 rings (SSSR count). The predicted molar refractivity (Wildman–Crippen MR) is 144 cm³/mol. The highest BCUT2D eigenvalue weighted by Gasteiger charge is 2.43. The van der Waals surface area contributed by atoms with Crippen molar-refractivity contribution in [2.24, 2.45) is 11.8 Å². The second-order valence-electron chi connectivity index (χ2n) is 10.9. The summed E-state index contributed by atoms with van der Waals surface area (Å²) >= 11 is 0. The maximum atomic E-state index is 12.1. The molecule has 0 radical (unpaired) electrons. The molecule has 194 valence electrons. The van der Waals surface area contributed by atoms with E-state index in [-0.39, 0.29) is 23.0 Å². The molecular weight excluding hydrogens is 456 g/mol. The van der Waals surface area contributed by atoms with Gasteiger partial charge in [0.1, 0.15) is 18.1 Å². The zero-order valence-electron chi connectivity index (χ0n) is 22.7. The van der Waals surface area contributed by atoms with Crippen LogP contribution in [0.1, 0.15) is 45.7 Å². The van der Waals surface area contributed by atoms with Crippen molar-refractivity contribution >= 4 is 14.6 Å². The highest BCUT2D eigenvalue weighted by molar-refractivity contribution is 6.74. The van der Waals surface area contributed by atoms with Crippen molar-refractivity contribution in [3.63, 3.8) is 0 Å². The molecule has 5 nitrogen and oxygen atoms in total. The lowest BCUT2D eigenvalue weighted by molar-refractivity contribution is -0.127. The van der Waals surface area contributed by atoms with E-state index in [1.165, 1.54) is 0 Å². The first-order valence-corrected chi connectivity index (χ1v) is 15.4. The number of benzene rings is 2. The van der Waals surface area contributed by atoms with E-state index >= 15 is 0 Å². The van der Waals surface area contributed by atoms with Crippen molar-refractivity contribution in [2.75, 3.05) is 13.7 Å². The van der Waals surface area contributed by atoms with Gasteiger partial charge in [-0.2, -0.15) is 0 Å². The van der Waals surface area contributed by atoms with Crippen molar-refractivity contribution < 1.29 is 23.4 Å². The molecule has 2 aromatic rings. The third-order valence-corrected chi connectivity index (χ3v) is 11.5. The van der Waals surface area contributed by atoms with Crippen LogP contribution in [0.5, 0.6) is 5.75 Å². The first-order chi connectivity index (χ1) is 16.5. The van der Waals surface area contributed by atoms with E-state index < -0.39 is 14.4 Å². The fraction of sp³-hybridized carbons (Fsp3) is 0.552. The number of carbonyl (C=O) groups excluding carboxylic acids is 1. The van der Waals surface area contributed by atoms with Gasteiger partial charge >= 0.3 is 0 Å². The van der Waals surface area contributed by atoms with Gasteiger partial charge in [0.25, 0.3) is 0 Å². The van der Waals surface area contributed by atoms with Gasteiger partial charge in [0.2, 0.25) is 0 Å². The molecule has 0 heterocycles. The van der Waals surface area contributed by atoms with Crippen molar-refractivity contribution in [1.82, 2.24) is 0 Å². The second-order valence-corrected chi connectivity index (χ2v) is 15.7. The van der Waals surface area contributed by atoms with Crippen molar-refractivity contribution in [3.8, 4) is 5.75 Å². The summed E-state index contributed by atoms with van der Waals surface area (Å²) in [4.78, 5) is 12.1. The monoisotopic (exact) mass is 500 g/mol. The summed E-state index contributed by atoms with van der Waals surface area (Å²) in [6.07, 6.45) is 0.162. The lowest BCUT2D eigenvalue weighted by atomic mass is 9.90. The van der Waals surface area contributed by atoms with Crippen LogP contribution < -0.4 is 4.74 Å². The Morgan fingerprint density at radius 1 is 0.914 bits per heavy atom. The molecule has 0 aliphatic heterocycles. The number of hydrogen-bond donors (Lipinski definition) is 0. The Balaban J connectivity index is 2.12. The third kappa shape index (κ3) is 8.87. The molecule has 1 unspecified atom stereocenters. The van der Waals surface area contributed by atoms with E-state index in [2.05, 4.69) is 59.8 Å². The third-order valence-electron chi connectivity index (χ3n) is 7.06.